The molecule has 1 fully saturated rings. The van der Waals surface area contributed by atoms with Crippen LogP contribution in [0.3, 0.4) is 0 Å². The molecule has 0 unspecified atom stereocenters. The maximum absolute atomic E-state index is 12.9. The van der Waals surface area contributed by atoms with Crippen molar-refractivity contribution in [2.75, 3.05) is 13.1 Å². The van der Waals surface area contributed by atoms with E-state index in [0.717, 1.165) is 42.9 Å². The molecule has 9 nitrogen and oxygen atoms in total. The first-order valence-corrected chi connectivity index (χ1v) is 10.9. The molecular formula is C18H23N7O2S. The number of nitrogens with zero attached hydrogens (tertiary/aromatic N) is 7. The van der Waals surface area contributed by atoms with Gasteiger partial charge in [-0.25, -0.2) is 18.4 Å². The highest BCUT2D eigenvalue weighted by atomic mass is 32.2. The van der Waals surface area contributed by atoms with Crippen LogP contribution in [0.25, 0.3) is 11.3 Å². The summed E-state index contributed by atoms with van der Waals surface area (Å²) in [7, 11) is 0.143. The molecule has 0 bridgehead atoms. The molecule has 0 N–H and O–H groups in total. The van der Waals surface area contributed by atoms with E-state index in [2.05, 4.69) is 14.6 Å². The summed E-state index contributed by atoms with van der Waals surface area (Å²) in [6, 6.07) is 0. The van der Waals surface area contributed by atoms with Crippen molar-refractivity contribution in [1.82, 2.24) is 33.2 Å². The highest BCUT2D eigenvalue weighted by Crippen LogP contribution is 2.45. The monoisotopic (exact) mass is 401 g/mol. The Morgan fingerprint density at radius 3 is 2.39 bits per heavy atom. The summed E-state index contributed by atoms with van der Waals surface area (Å²) in [6.07, 6.45) is 11.4. The third kappa shape index (κ3) is 2.55. The van der Waals surface area contributed by atoms with Crippen molar-refractivity contribution in [2.24, 2.45) is 14.1 Å². The Kier molecular flexibility index (Phi) is 3.79. The van der Waals surface area contributed by atoms with Gasteiger partial charge < -0.3 is 9.13 Å². The number of hydrogen-bond acceptors (Lipinski definition) is 5. The van der Waals surface area contributed by atoms with E-state index in [9.17, 15) is 8.42 Å². The lowest BCUT2D eigenvalue weighted by Crippen LogP contribution is -2.44. The molecule has 148 valence electrons. The molecule has 5 rings (SSSR count). The molecule has 0 aliphatic carbocycles. The predicted molar refractivity (Wildman–Crippen MR) is 102 cm³/mol. The smallest absolute Gasteiger partial charge is 0.262 e. The minimum absolute atomic E-state index is 0.0450. The second-order valence-corrected chi connectivity index (χ2v) is 9.72. The van der Waals surface area contributed by atoms with Crippen LogP contribution in [-0.4, -0.2) is 54.7 Å². The molecule has 1 spiro atoms. The molecule has 0 radical (unpaired) electrons. The van der Waals surface area contributed by atoms with Crippen LogP contribution in [0.2, 0.25) is 0 Å². The van der Waals surface area contributed by atoms with Gasteiger partial charge in [-0.1, -0.05) is 0 Å². The van der Waals surface area contributed by atoms with E-state index in [0.29, 0.717) is 13.1 Å². The quantitative estimate of drug-likeness (QED) is 0.656. The topological polar surface area (TPSA) is 90.8 Å². The zero-order valence-corrected chi connectivity index (χ0v) is 16.8. The van der Waals surface area contributed by atoms with E-state index < -0.39 is 10.0 Å². The van der Waals surface area contributed by atoms with Crippen LogP contribution in [0.1, 0.15) is 25.1 Å². The fraction of sp³-hybridized carbons (Fsp3) is 0.500. The molecule has 28 heavy (non-hydrogen) atoms. The Morgan fingerprint density at radius 1 is 1.00 bits per heavy atom. The van der Waals surface area contributed by atoms with Crippen LogP contribution >= 0.6 is 0 Å². The van der Waals surface area contributed by atoms with E-state index in [1.165, 1.54) is 6.33 Å². The molecule has 3 aromatic rings. The summed E-state index contributed by atoms with van der Waals surface area (Å²) in [6.45, 7) is 1.90. The number of rotatable bonds is 3. The molecule has 1 saturated heterocycles. The minimum Gasteiger partial charge on any atom is -0.339 e. The van der Waals surface area contributed by atoms with Crippen molar-refractivity contribution in [3.05, 3.63) is 36.9 Å². The standard InChI is InChI=1S/C18H23N7O2S/c1-22-12-16(20-13-22)28(26,27)24-6-3-18(4-7-24)5-8-25-15(10-19-17(18)25)14-9-21-23(2)11-14/h9-13H,3-8H2,1-2H3. The van der Waals surface area contributed by atoms with Crippen molar-refractivity contribution >= 4 is 10.0 Å². The molecule has 3 aromatic heterocycles. The van der Waals surface area contributed by atoms with Crippen molar-refractivity contribution in [2.45, 2.75) is 36.2 Å². The van der Waals surface area contributed by atoms with Crippen molar-refractivity contribution in [3.63, 3.8) is 0 Å². The third-order valence-corrected chi connectivity index (χ3v) is 7.89. The second kappa shape index (κ2) is 6.02. The van der Waals surface area contributed by atoms with Gasteiger partial charge in [0.25, 0.3) is 10.0 Å². The number of imidazole rings is 2. The molecule has 2 aliphatic heterocycles. The van der Waals surface area contributed by atoms with Gasteiger partial charge in [0, 0.05) is 57.1 Å². The van der Waals surface area contributed by atoms with Gasteiger partial charge in [0.1, 0.15) is 5.82 Å². The lowest BCUT2D eigenvalue weighted by molar-refractivity contribution is 0.227. The zero-order chi connectivity index (χ0) is 19.5. The van der Waals surface area contributed by atoms with Crippen molar-refractivity contribution in [1.29, 1.82) is 0 Å². The largest absolute Gasteiger partial charge is 0.339 e. The number of sulfonamides is 1. The Balaban J connectivity index is 1.39. The number of fused-ring (bicyclic) bond motifs is 2. The number of hydrogen-bond donors (Lipinski definition) is 0. The molecule has 0 saturated carbocycles. The van der Waals surface area contributed by atoms with Crippen LogP contribution in [0, 0.1) is 0 Å². The van der Waals surface area contributed by atoms with Crippen LogP contribution in [0.4, 0.5) is 0 Å². The summed E-state index contributed by atoms with van der Waals surface area (Å²) in [5, 5.41) is 4.39. The summed E-state index contributed by atoms with van der Waals surface area (Å²) in [5.41, 5.74) is 2.10. The van der Waals surface area contributed by atoms with Crippen LogP contribution in [0.15, 0.2) is 36.1 Å². The molecule has 2 aliphatic rings. The van der Waals surface area contributed by atoms with Crippen LogP contribution in [-0.2, 0) is 36.1 Å². The van der Waals surface area contributed by atoms with Gasteiger partial charge in [-0.2, -0.15) is 9.40 Å². The lowest BCUT2D eigenvalue weighted by Gasteiger charge is -2.37. The first-order valence-electron chi connectivity index (χ1n) is 9.42. The SMILES string of the molecule is Cn1cnc(S(=O)(=O)N2CCC3(CC2)CCn2c(-c4cnn(C)c4)cnc23)c1. The highest BCUT2D eigenvalue weighted by Gasteiger charge is 2.46. The Bertz CT molecular complexity index is 1130. The zero-order valence-electron chi connectivity index (χ0n) is 16.0. The second-order valence-electron chi connectivity index (χ2n) is 7.83. The number of aromatic nitrogens is 6. The minimum atomic E-state index is -3.54. The Hall–Kier alpha value is -2.46. The lowest BCUT2D eigenvalue weighted by atomic mass is 9.77. The Morgan fingerprint density at radius 2 is 1.75 bits per heavy atom. The van der Waals surface area contributed by atoms with Crippen molar-refractivity contribution in [3.8, 4) is 11.3 Å². The molecular weight excluding hydrogens is 378 g/mol. The van der Waals surface area contributed by atoms with Gasteiger partial charge in [-0.3, -0.25) is 4.68 Å². The van der Waals surface area contributed by atoms with Gasteiger partial charge in [-0.05, 0) is 19.3 Å². The van der Waals surface area contributed by atoms with Crippen LogP contribution in [0.5, 0.6) is 0 Å². The highest BCUT2D eigenvalue weighted by molar-refractivity contribution is 7.89. The number of aryl methyl sites for hydroxylation is 2. The Labute approximate surface area is 163 Å². The summed E-state index contributed by atoms with van der Waals surface area (Å²) in [4.78, 5) is 8.79. The normalized spacial score (nSPS) is 19.4. The first kappa shape index (κ1) is 17.6. The van der Waals surface area contributed by atoms with E-state index in [4.69, 9.17) is 4.98 Å². The molecule has 0 amide bonds. The van der Waals surface area contributed by atoms with Gasteiger partial charge in [-0.15, -0.1) is 0 Å². The van der Waals surface area contributed by atoms with E-state index in [1.54, 1.807) is 26.8 Å². The van der Waals surface area contributed by atoms with E-state index in [1.807, 2.05) is 25.6 Å². The van der Waals surface area contributed by atoms with Gasteiger partial charge in [0.05, 0.1) is 24.4 Å². The first-order chi connectivity index (χ1) is 13.4. The van der Waals surface area contributed by atoms with Gasteiger partial charge in [0.15, 0.2) is 5.03 Å². The summed E-state index contributed by atoms with van der Waals surface area (Å²) < 4.78 is 33.0. The molecule has 0 aromatic carbocycles. The molecule has 5 heterocycles. The van der Waals surface area contributed by atoms with Gasteiger partial charge >= 0.3 is 0 Å². The fourth-order valence-corrected chi connectivity index (χ4v) is 5.94. The maximum Gasteiger partial charge on any atom is 0.262 e. The van der Waals surface area contributed by atoms with E-state index >= 15 is 0 Å². The van der Waals surface area contributed by atoms with Gasteiger partial charge in [0.2, 0.25) is 0 Å². The van der Waals surface area contributed by atoms with Crippen molar-refractivity contribution < 1.29 is 8.42 Å². The maximum atomic E-state index is 12.9. The molecule has 0 atom stereocenters. The van der Waals surface area contributed by atoms with E-state index in [-0.39, 0.29) is 10.4 Å². The summed E-state index contributed by atoms with van der Waals surface area (Å²) >= 11 is 0. The van der Waals surface area contributed by atoms with Crippen LogP contribution < -0.4 is 0 Å². The summed E-state index contributed by atoms with van der Waals surface area (Å²) in [5.74, 6) is 1.08. The fourth-order valence-electron chi connectivity index (χ4n) is 4.53. The number of piperidine rings is 1. The average molecular weight is 401 g/mol. The predicted octanol–water partition coefficient (Wildman–Crippen LogP) is 1.14. The average Bonchev–Trinajstić information content (AvgIpc) is 3.43. The molecule has 10 heteroatoms. The third-order valence-electron chi connectivity index (χ3n) is 6.11.